The van der Waals surface area contributed by atoms with Crippen molar-refractivity contribution in [3.05, 3.63) is 41.4 Å². The van der Waals surface area contributed by atoms with E-state index in [1.807, 2.05) is 40.6 Å². The molecule has 0 bridgehead atoms. The molecule has 2 aliphatic rings. The molecule has 5 nitrogen and oxygen atoms in total. The fourth-order valence-electron chi connectivity index (χ4n) is 4.41. The molecule has 28 heavy (non-hydrogen) atoms. The fraction of sp³-hybridized carbons (Fsp3) is 0.524. The van der Waals surface area contributed by atoms with Crippen molar-refractivity contribution in [2.45, 2.75) is 57.0 Å². The number of amides is 1. The third kappa shape index (κ3) is 4.46. The highest BCUT2D eigenvalue weighted by Crippen LogP contribution is 2.30. The summed E-state index contributed by atoms with van der Waals surface area (Å²) in [6, 6.07) is 9.96. The molecule has 150 valence electrons. The van der Waals surface area contributed by atoms with Gasteiger partial charge in [0.15, 0.2) is 9.84 Å². The molecule has 4 rings (SSSR count). The Bertz CT molecular complexity index is 918. The van der Waals surface area contributed by atoms with E-state index >= 15 is 0 Å². The van der Waals surface area contributed by atoms with Crippen molar-refractivity contribution >= 4 is 27.1 Å². The van der Waals surface area contributed by atoms with Crippen LogP contribution in [0.2, 0.25) is 0 Å². The molecule has 1 aromatic carbocycles. The second-order valence-corrected chi connectivity index (χ2v) is 10.9. The molecule has 2 fully saturated rings. The van der Waals surface area contributed by atoms with Crippen LogP contribution in [-0.4, -0.2) is 47.8 Å². The molecule has 1 saturated carbocycles. The summed E-state index contributed by atoms with van der Waals surface area (Å²) in [5, 5.41) is 2.86. The number of nitrogens with zero attached hydrogens (tertiary/aromatic N) is 2. The van der Waals surface area contributed by atoms with E-state index in [-0.39, 0.29) is 35.9 Å². The molecule has 1 aromatic heterocycles. The molecule has 0 unspecified atom stereocenters. The van der Waals surface area contributed by atoms with Crippen LogP contribution in [0.1, 0.15) is 44.2 Å². The second kappa shape index (κ2) is 8.33. The minimum absolute atomic E-state index is 0.0268. The Labute approximate surface area is 170 Å². The zero-order valence-electron chi connectivity index (χ0n) is 15.9. The summed E-state index contributed by atoms with van der Waals surface area (Å²) in [7, 11) is -3.02. The van der Waals surface area contributed by atoms with E-state index in [1.54, 1.807) is 11.3 Å². The molecule has 1 amide bonds. The van der Waals surface area contributed by atoms with Crippen LogP contribution in [-0.2, 0) is 21.1 Å². The molecule has 1 atom stereocenters. The average Bonchev–Trinajstić information content (AvgIpc) is 3.30. The lowest BCUT2D eigenvalue weighted by Crippen LogP contribution is -2.49. The van der Waals surface area contributed by atoms with E-state index < -0.39 is 9.84 Å². The van der Waals surface area contributed by atoms with Gasteiger partial charge in [0.05, 0.1) is 23.6 Å². The van der Waals surface area contributed by atoms with Crippen molar-refractivity contribution in [2.24, 2.45) is 0 Å². The molecular formula is C21H26N2O3S2. The molecule has 1 aliphatic carbocycles. The Morgan fingerprint density at radius 3 is 2.50 bits per heavy atom. The molecule has 0 radical (unpaired) electrons. The Kier molecular flexibility index (Phi) is 5.83. The number of sulfone groups is 1. The van der Waals surface area contributed by atoms with E-state index in [4.69, 9.17) is 0 Å². The van der Waals surface area contributed by atoms with Gasteiger partial charge in [-0.05, 0) is 19.3 Å². The number of hydrogen-bond donors (Lipinski definition) is 0. The maximum Gasteiger partial charge on any atom is 0.229 e. The smallest absolute Gasteiger partial charge is 0.229 e. The first kappa shape index (κ1) is 19.6. The van der Waals surface area contributed by atoms with Crippen LogP contribution in [0.25, 0.3) is 10.6 Å². The summed E-state index contributed by atoms with van der Waals surface area (Å²) in [5.74, 6) is 0.337. The van der Waals surface area contributed by atoms with Crippen LogP contribution in [0.5, 0.6) is 0 Å². The van der Waals surface area contributed by atoms with Crippen molar-refractivity contribution in [1.82, 2.24) is 9.88 Å². The van der Waals surface area contributed by atoms with E-state index in [0.717, 1.165) is 41.9 Å². The Hall–Kier alpha value is -1.73. The van der Waals surface area contributed by atoms with Crippen LogP contribution >= 0.6 is 11.3 Å². The number of thiazole rings is 1. The second-order valence-electron chi connectivity index (χ2n) is 7.84. The molecule has 7 heteroatoms. The molecule has 0 spiro atoms. The van der Waals surface area contributed by atoms with Crippen LogP contribution in [0.4, 0.5) is 0 Å². The third-order valence-electron chi connectivity index (χ3n) is 5.76. The zero-order chi connectivity index (χ0) is 19.6. The van der Waals surface area contributed by atoms with Gasteiger partial charge in [0, 0.05) is 23.0 Å². The Morgan fingerprint density at radius 1 is 1.07 bits per heavy atom. The van der Waals surface area contributed by atoms with Gasteiger partial charge in [-0.15, -0.1) is 11.3 Å². The Morgan fingerprint density at radius 2 is 1.82 bits per heavy atom. The standard InChI is InChI=1S/C21H26N2O3S2/c24-20(13-17-14-27-21(22-17)16-7-3-1-4-8-16)23(18-9-5-2-6-10-18)19-11-12-28(25,26)15-19/h1,3-4,7-8,14,18-19H,2,5-6,9-13,15H2/t19-/m1/s1. The molecule has 2 aromatic rings. The van der Waals surface area contributed by atoms with E-state index in [2.05, 4.69) is 4.98 Å². The average molecular weight is 419 g/mol. The lowest BCUT2D eigenvalue weighted by atomic mass is 9.92. The lowest BCUT2D eigenvalue weighted by molar-refractivity contribution is -0.135. The molecular weight excluding hydrogens is 392 g/mol. The zero-order valence-corrected chi connectivity index (χ0v) is 17.6. The monoisotopic (exact) mass is 418 g/mol. The fourth-order valence-corrected chi connectivity index (χ4v) is 6.94. The minimum atomic E-state index is -3.02. The summed E-state index contributed by atoms with van der Waals surface area (Å²) in [4.78, 5) is 19.8. The first-order valence-corrected chi connectivity index (χ1v) is 12.7. The van der Waals surface area contributed by atoms with E-state index in [9.17, 15) is 13.2 Å². The van der Waals surface area contributed by atoms with Crippen molar-refractivity contribution in [3.8, 4) is 10.6 Å². The van der Waals surface area contributed by atoms with Gasteiger partial charge in [0.25, 0.3) is 0 Å². The van der Waals surface area contributed by atoms with Gasteiger partial charge in [-0.25, -0.2) is 13.4 Å². The number of carbonyl (C=O) groups excluding carboxylic acids is 1. The largest absolute Gasteiger partial charge is 0.335 e. The van der Waals surface area contributed by atoms with Crippen LogP contribution in [0.3, 0.4) is 0 Å². The first-order valence-electron chi connectivity index (χ1n) is 10.0. The highest BCUT2D eigenvalue weighted by atomic mass is 32.2. The summed E-state index contributed by atoms with van der Waals surface area (Å²) in [6.45, 7) is 0. The summed E-state index contributed by atoms with van der Waals surface area (Å²) >= 11 is 1.55. The quantitative estimate of drug-likeness (QED) is 0.742. The summed E-state index contributed by atoms with van der Waals surface area (Å²) < 4.78 is 24.0. The normalized spacial score (nSPS) is 22.2. The molecule has 1 aliphatic heterocycles. The number of benzene rings is 1. The van der Waals surface area contributed by atoms with Gasteiger partial charge < -0.3 is 4.90 Å². The maximum atomic E-state index is 13.3. The van der Waals surface area contributed by atoms with E-state index in [1.165, 1.54) is 6.42 Å². The van der Waals surface area contributed by atoms with Gasteiger partial charge in [0.2, 0.25) is 5.91 Å². The number of carbonyl (C=O) groups is 1. The van der Waals surface area contributed by atoms with E-state index in [0.29, 0.717) is 6.42 Å². The predicted molar refractivity (Wildman–Crippen MR) is 112 cm³/mol. The minimum Gasteiger partial charge on any atom is -0.335 e. The molecule has 0 N–H and O–H groups in total. The predicted octanol–water partition coefficient (Wildman–Crippen LogP) is 3.70. The Balaban J connectivity index is 1.51. The van der Waals surface area contributed by atoms with Crippen molar-refractivity contribution in [3.63, 3.8) is 0 Å². The van der Waals surface area contributed by atoms with Gasteiger partial charge in [-0.2, -0.15) is 0 Å². The summed E-state index contributed by atoms with van der Waals surface area (Å²) in [6.07, 6.45) is 6.20. The number of hydrogen-bond acceptors (Lipinski definition) is 5. The van der Waals surface area contributed by atoms with Crippen molar-refractivity contribution in [1.29, 1.82) is 0 Å². The SMILES string of the molecule is O=C(Cc1csc(-c2ccccc2)n1)N(C1CCCCC1)[C@@H]1CCS(=O)(=O)C1. The third-order valence-corrected chi connectivity index (χ3v) is 8.45. The number of rotatable bonds is 5. The van der Waals surface area contributed by atoms with Gasteiger partial charge >= 0.3 is 0 Å². The lowest BCUT2D eigenvalue weighted by Gasteiger charge is -2.38. The van der Waals surface area contributed by atoms with Crippen LogP contribution in [0.15, 0.2) is 35.7 Å². The molecule has 2 heterocycles. The van der Waals surface area contributed by atoms with Crippen LogP contribution in [0, 0.1) is 0 Å². The van der Waals surface area contributed by atoms with Crippen molar-refractivity contribution < 1.29 is 13.2 Å². The van der Waals surface area contributed by atoms with Crippen LogP contribution < -0.4 is 0 Å². The van der Waals surface area contributed by atoms with Gasteiger partial charge in [-0.1, -0.05) is 49.6 Å². The van der Waals surface area contributed by atoms with Gasteiger partial charge in [-0.3, -0.25) is 4.79 Å². The number of aromatic nitrogens is 1. The maximum absolute atomic E-state index is 13.3. The topological polar surface area (TPSA) is 67.3 Å². The molecule has 1 saturated heterocycles. The highest BCUT2D eigenvalue weighted by molar-refractivity contribution is 7.91. The van der Waals surface area contributed by atoms with Gasteiger partial charge in [0.1, 0.15) is 5.01 Å². The van der Waals surface area contributed by atoms with Crippen molar-refractivity contribution in [2.75, 3.05) is 11.5 Å². The summed E-state index contributed by atoms with van der Waals surface area (Å²) in [5.41, 5.74) is 1.83. The highest BCUT2D eigenvalue weighted by Gasteiger charge is 2.38. The first-order chi connectivity index (χ1) is 13.5.